The fraction of sp³-hybridized carbons (Fsp3) is 0.276. The lowest BCUT2D eigenvalue weighted by atomic mass is 9.83. The minimum absolute atomic E-state index is 0.0487. The molecule has 312 valence electrons. The summed E-state index contributed by atoms with van der Waals surface area (Å²) in [7, 11) is 0. The molecule has 0 radical (unpaired) electrons. The molecule has 0 fully saturated rings. The molecule has 0 amide bonds. The zero-order valence-electron chi connectivity index (χ0n) is 37.9. The molecule has 0 atom stereocenters. The van der Waals surface area contributed by atoms with Crippen LogP contribution >= 0.6 is 0 Å². The Labute approximate surface area is 368 Å². The topological polar surface area (TPSA) is 50.9 Å². The van der Waals surface area contributed by atoms with Gasteiger partial charge in [-0.1, -0.05) is 147 Å². The van der Waals surface area contributed by atoms with Crippen LogP contribution in [0, 0.1) is 0 Å². The maximum absolute atomic E-state index is 12.2. The van der Waals surface area contributed by atoms with E-state index in [-0.39, 0.29) is 16.2 Å². The average molecular weight is 814 g/mol. The Bertz CT molecular complexity index is 2950. The Hall–Kier alpha value is -6.26. The van der Waals surface area contributed by atoms with Crippen LogP contribution in [-0.2, 0) is 29.1 Å². The van der Waals surface area contributed by atoms with E-state index in [0.29, 0.717) is 5.75 Å². The van der Waals surface area contributed by atoms with Crippen molar-refractivity contribution in [3.05, 3.63) is 167 Å². The molecule has 1 N–H and O–H groups in total. The Morgan fingerprint density at radius 3 is 1.92 bits per heavy atom. The second-order valence-electron chi connectivity index (χ2n) is 20.4. The van der Waals surface area contributed by atoms with E-state index >= 15 is 0 Å². The Kier molecular flexibility index (Phi) is 10.3. The first-order valence-electron chi connectivity index (χ1n) is 22.3. The molecule has 4 nitrogen and oxygen atoms in total. The van der Waals surface area contributed by atoms with Gasteiger partial charge in [0.2, 0.25) is 0 Å². The van der Waals surface area contributed by atoms with Crippen LogP contribution in [0.4, 0.5) is 0 Å². The van der Waals surface area contributed by atoms with Crippen molar-refractivity contribution in [2.24, 2.45) is 0 Å². The van der Waals surface area contributed by atoms with Crippen LogP contribution in [0.15, 0.2) is 140 Å². The molecule has 2 heterocycles. The van der Waals surface area contributed by atoms with Gasteiger partial charge in [-0.3, -0.25) is 9.55 Å². The van der Waals surface area contributed by atoms with Crippen LogP contribution in [0.3, 0.4) is 0 Å². The van der Waals surface area contributed by atoms with E-state index in [4.69, 9.17) is 9.97 Å². The quantitative estimate of drug-likeness (QED) is 0.182. The summed E-state index contributed by atoms with van der Waals surface area (Å²) in [5.74, 6) is 1.09. The number of aryl methyl sites for hydroxylation is 1. The lowest BCUT2D eigenvalue weighted by Crippen LogP contribution is -2.12. The van der Waals surface area contributed by atoms with E-state index < -0.39 is 0 Å². The minimum atomic E-state index is -0.127. The molecule has 0 spiro atoms. The first kappa shape index (κ1) is 41.1. The highest BCUT2D eigenvalue weighted by Gasteiger charge is 2.27. The van der Waals surface area contributed by atoms with Crippen LogP contribution in [0.5, 0.6) is 5.75 Å². The van der Waals surface area contributed by atoms with Gasteiger partial charge in [0.1, 0.15) is 11.6 Å². The lowest BCUT2D eigenvalue weighted by molar-refractivity contribution is 0.463. The average Bonchev–Trinajstić information content (AvgIpc) is 3.65. The summed E-state index contributed by atoms with van der Waals surface area (Å²) < 4.78 is 2.29. The molecular formula is C58H59N3O. The molecule has 0 bridgehead atoms. The largest absolute Gasteiger partial charge is 0.507 e. The van der Waals surface area contributed by atoms with Crippen LogP contribution in [0.2, 0.25) is 0 Å². The summed E-state index contributed by atoms with van der Waals surface area (Å²) in [6, 6.07) is 48.5. The van der Waals surface area contributed by atoms with Crippen LogP contribution in [-0.4, -0.2) is 19.6 Å². The number of imidazole rings is 1. The predicted molar refractivity (Wildman–Crippen MR) is 260 cm³/mol. The van der Waals surface area contributed by atoms with Crippen molar-refractivity contribution < 1.29 is 5.11 Å². The molecule has 1 aliphatic rings. The van der Waals surface area contributed by atoms with Gasteiger partial charge >= 0.3 is 0 Å². The summed E-state index contributed by atoms with van der Waals surface area (Å²) >= 11 is 0. The van der Waals surface area contributed by atoms with Crippen molar-refractivity contribution in [3.63, 3.8) is 0 Å². The number of para-hydroxylation sites is 1. The van der Waals surface area contributed by atoms with E-state index in [2.05, 4.69) is 200 Å². The molecule has 0 unspecified atom stereocenters. The number of hydrogen-bond donors (Lipinski definition) is 1. The highest BCUT2D eigenvalue weighted by Crippen LogP contribution is 2.44. The molecule has 6 aromatic carbocycles. The van der Waals surface area contributed by atoms with Gasteiger partial charge in [-0.25, -0.2) is 4.98 Å². The minimum Gasteiger partial charge on any atom is -0.507 e. The number of aromatic hydroxyl groups is 1. The van der Waals surface area contributed by atoms with Gasteiger partial charge in [-0.2, -0.15) is 0 Å². The molecule has 62 heavy (non-hydrogen) atoms. The number of aromatic nitrogens is 3. The standard InChI is InChI=1S/C58H59N3O/c1-56(2,3)43-25-22-37(23-26-43)40-30-31-59-50(35-40)42-32-41(33-45(34-42)58(7,8)9)46-20-15-21-52-53(46)60-55(48-28-24-39-18-13-14-19-47(39)54(48)62)61(52)51-29-27-44(57(4,5)6)36-49(51)38-16-11-10-12-17-38/h10-12,15-17,20-36,62H,13-14,18-19H2,1-9H3. The van der Waals surface area contributed by atoms with Gasteiger partial charge in [-0.05, 0) is 141 Å². The number of nitrogens with zero attached hydrogens (tertiary/aromatic N) is 3. The van der Waals surface area contributed by atoms with Crippen molar-refractivity contribution in [2.45, 2.75) is 104 Å². The lowest BCUT2D eigenvalue weighted by Gasteiger charge is -2.23. The summed E-state index contributed by atoms with van der Waals surface area (Å²) in [6.07, 6.45) is 6.01. The molecule has 0 aliphatic heterocycles. The molecule has 0 saturated carbocycles. The highest BCUT2D eigenvalue weighted by molar-refractivity contribution is 5.98. The second kappa shape index (κ2) is 15.6. The number of phenols is 1. The summed E-state index contributed by atoms with van der Waals surface area (Å²) in [5, 5.41) is 12.2. The Balaban J connectivity index is 1.28. The van der Waals surface area contributed by atoms with Gasteiger partial charge in [0, 0.05) is 22.9 Å². The van der Waals surface area contributed by atoms with Crippen molar-refractivity contribution >= 4 is 11.0 Å². The Morgan fingerprint density at radius 1 is 0.500 bits per heavy atom. The van der Waals surface area contributed by atoms with Crippen LogP contribution in [0.1, 0.15) is 103 Å². The molecule has 1 aliphatic carbocycles. The van der Waals surface area contributed by atoms with Gasteiger partial charge in [0.05, 0.1) is 28.0 Å². The monoisotopic (exact) mass is 813 g/mol. The predicted octanol–water partition coefficient (Wildman–Crippen LogP) is 15.2. The second-order valence-corrected chi connectivity index (χ2v) is 20.4. The van der Waals surface area contributed by atoms with E-state index in [0.717, 1.165) is 98.4 Å². The van der Waals surface area contributed by atoms with Gasteiger partial charge in [0.15, 0.2) is 0 Å². The summed E-state index contributed by atoms with van der Waals surface area (Å²) in [4.78, 5) is 10.6. The van der Waals surface area contributed by atoms with Crippen LogP contribution in [0.25, 0.3) is 72.7 Å². The fourth-order valence-electron chi connectivity index (χ4n) is 9.09. The molecule has 2 aromatic heterocycles. The summed E-state index contributed by atoms with van der Waals surface area (Å²) in [5.41, 5.74) is 18.3. The van der Waals surface area contributed by atoms with E-state index in [9.17, 15) is 5.11 Å². The molecule has 0 saturated heterocycles. The van der Waals surface area contributed by atoms with E-state index in [1.165, 1.54) is 27.8 Å². The van der Waals surface area contributed by atoms with Crippen molar-refractivity contribution in [2.75, 3.05) is 0 Å². The first-order chi connectivity index (χ1) is 29.5. The van der Waals surface area contributed by atoms with Crippen molar-refractivity contribution in [1.82, 2.24) is 14.5 Å². The van der Waals surface area contributed by atoms with E-state index in [1.807, 2.05) is 6.20 Å². The number of fused-ring (bicyclic) bond motifs is 2. The number of benzene rings is 6. The van der Waals surface area contributed by atoms with Gasteiger partial charge in [-0.15, -0.1) is 0 Å². The normalized spacial score (nSPS) is 13.4. The zero-order valence-corrected chi connectivity index (χ0v) is 37.9. The number of pyridine rings is 1. The molecule has 8 aromatic rings. The van der Waals surface area contributed by atoms with Gasteiger partial charge in [0.25, 0.3) is 0 Å². The third kappa shape index (κ3) is 7.77. The zero-order chi connectivity index (χ0) is 43.6. The maximum Gasteiger partial charge on any atom is 0.149 e. The summed E-state index contributed by atoms with van der Waals surface area (Å²) in [6.45, 7) is 20.4. The number of phenolic OH excluding ortho intramolecular Hbond substituents is 1. The van der Waals surface area contributed by atoms with Gasteiger partial charge < -0.3 is 5.11 Å². The van der Waals surface area contributed by atoms with Crippen molar-refractivity contribution in [1.29, 1.82) is 0 Å². The highest BCUT2D eigenvalue weighted by atomic mass is 16.3. The van der Waals surface area contributed by atoms with Crippen molar-refractivity contribution in [3.8, 4) is 67.5 Å². The molecule has 9 rings (SSSR count). The fourth-order valence-corrected chi connectivity index (χ4v) is 9.09. The Morgan fingerprint density at radius 2 is 1.19 bits per heavy atom. The molecule has 4 heteroatoms. The van der Waals surface area contributed by atoms with Crippen LogP contribution < -0.4 is 0 Å². The number of hydrogen-bond acceptors (Lipinski definition) is 3. The molecular weight excluding hydrogens is 755 g/mol. The van der Waals surface area contributed by atoms with E-state index in [1.54, 1.807) is 0 Å². The smallest absolute Gasteiger partial charge is 0.149 e. The maximum atomic E-state index is 12.2. The number of rotatable bonds is 6. The third-order valence-corrected chi connectivity index (χ3v) is 12.9. The first-order valence-corrected chi connectivity index (χ1v) is 22.3. The SMILES string of the molecule is CC(C)(C)c1ccc(-c2ccnc(-c3cc(-c4cccc5c4nc(-c4ccc6c(c4O)CCCC6)n5-c4ccc(C(C)(C)C)cc4-c4ccccc4)cc(C(C)(C)C)c3)c2)cc1. The third-order valence-electron chi connectivity index (χ3n) is 12.9.